The Labute approximate surface area is 114 Å². The molecular weight excluding hydrogens is 274 g/mol. The number of ether oxygens (including phenoxy) is 1. The lowest BCUT2D eigenvalue weighted by molar-refractivity contribution is -0.139. The van der Waals surface area contributed by atoms with Crippen LogP contribution >= 0.6 is 0 Å². The maximum atomic E-state index is 11.3. The van der Waals surface area contributed by atoms with E-state index in [-0.39, 0.29) is 18.0 Å². The predicted octanol–water partition coefficient (Wildman–Crippen LogP) is 0.916. The van der Waals surface area contributed by atoms with Crippen molar-refractivity contribution < 1.29 is 26.7 Å². The van der Waals surface area contributed by atoms with Gasteiger partial charge in [-0.3, -0.25) is 8.74 Å². The van der Waals surface area contributed by atoms with Gasteiger partial charge in [-0.2, -0.15) is 8.42 Å². The summed E-state index contributed by atoms with van der Waals surface area (Å²) >= 11 is 0. The number of hydrogen-bond donors (Lipinski definition) is 2. The lowest BCUT2D eigenvalue weighted by Crippen LogP contribution is -2.23. The van der Waals surface area contributed by atoms with E-state index < -0.39 is 10.4 Å². The van der Waals surface area contributed by atoms with Crippen molar-refractivity contribution in [3.63, 3.8) is 0 Å². The number of nitrogens with two attached hydrogens (primary N) is 1. The van der Waals surface area contributed by atoms with Crippen LogP contribution in [0.25, 0.3) is 0 Å². The molecule has 8 heteroatoms. The molecule has 0 spiro atoms. The van der Waals surface area contributed by atoms with Crippen LogP contribution in [0.4, 0.5) is 0 Å². The van der Waals surface area contributed by atoms with Crippen LogP contribution in [0.15, 0.2) is 12.2 Å². The highest BCUT2D eigenvalue weighted by molar-refractivity contribution is 7.80. The average molecular weight is 297 g/mol. The van der Waals surface area contributed by atoms with E-state index in [4.69, 9.17) is 15.0 Å². The maximum Gasteiger partial charge on any atom is 0.397 e. The van der Waals surface area contributed by atoms with Crippen LogP contribution in [0.2, 0.25) is 0 Å². The summed E-state index contributed by atoms with van der Waals surface area (Å²) in [5.41, 5.74) is 5.54. The molecule has 19 heavy (non-hydrogen) atoms. The third-order valence-corrected chi connectivity index (χ3v) is 2.93. The third-order valence-electron chi connectivity index (χ3n) is 2.51. The maximum absolute atomic E-state index is 11.3. The summed E-state index contributed by atoms with van der Waals surface area (Å²) in [6, 6.07) is 0. The Bertz CT molecular complexity index is 388. The molecule has 0 bridgehead atoms. The van der Waals surface area contributed by atoms with Crippen molar-refractivity contribution in [3.8, 4) is 0 Å². The normalized spacial score (nSPS) is 11.3. The van der Waals surface area contributed by atoms with Crippen LogP contribution in [-0.2, 0) is 24.1 Å². The Hall–Kier alpha value is -0.960. The molecule has 0 aromatic heterocycles. The van der Waals surface area contributed by atoms with Crippen molar-refractivity contribution >= 4 is 16.4 Å². The van der Waals surface area contributed by atoms with Crippen LogP contribution < -0.4 is 5.73 Å². The molecule has 0 fully saturated rings. The van der Waals surface area contributed by atoms with Crippen molar-refractivity contribution in [2.45, 2.75) is 27.2 Å². The SMILES string of the molecule is C=C(C(=O)OCCN)C(C)(C)CC.COS(=O)(=O)O. The molecule has 0 rings (SSSR count). The largest absolute Gasteiger partial charge is 0.461 e. The summed E-state index contributed by atoms with van der Waals surface area (Å²) < 4.78 is 34.6. The van der Waals surface area contributed by atoms with Crippen molar-refractivity contribution in [2.75, 3.05) is 20.3 Å². The number of carbonyl (C=O) groups excluding carboxylic acids is 1. The fraction of sp³-hybridized carbons (Fsp3) is 0.727. The molecule has 0 heterocycles. The van der Waals surface area contributed by atoms with E-state index >= 15 is 0 Å². The van der Waals surface area contributed by atoms with Gasteiger partial charge >= 0.3 is 16.4 Å². The molecule has 0 aliphatic rings. The fourth-order valence-corrected chi connectivity index (χ4v) is 0.728. The van der Waals surface area contributed by atoms with Gasteiger partial charge < -0.3 is 10.5 Å². The minimum absolute atomic E-state index is 0.189. The van der Waals surface area contributed by atoms with Gasteiger partial charge in [0.25, 0.3) is 0 Å². The topological polar surface area (TPSA) is 116 Å². The van der Waals surface area contributed by atoms with Gasteiger partial charge in [0, 0.05) is 12.1 Å². The number of carbonyl (C=O) groups is 1. The highest BCUT2D eigenvalue weighted by Gasteiger charge is 2.25. The van der Waals surface area contributed by atoms with Gasteiger partial charge in [-0.05, 0) is 11.8 Å². The molecule has 0 aromatic carbocycles. The van der Waals surface area contributed by atoms with E-state index in [2.05, 4.69) is 10.8 Å². The molecule has 0 unspecified atom stereocenters. The Morgan fingerprint density at radius 3 is 2.11 bits per heavy atom. The first-order chi connectivity index (χ1) is 8.51. The zero-order valence-corrected chi connectivity index (χ0v) is 12.6. The number of rotatable bonds is 6. The zero-order valence-electron chi connectivity index (χ0n) is 11.8. The molecule has 0 atom stereocenters. The molecule has 114 valence electrons. The first kappa shape index (κ1) is 20.4. The fourth-order valence-electron chi connectivity index (χ4n) is 0.728. The van der Waals surface area contributed by atoms with Gasteiger partial charge in [0.15, 0.2) is 0 Å². The molecule has 0 saturated heterocycles. The lowest BCUT2D eigenvalue weighted by Gasteiger charge is -2.23. The molecule has 0 aliphatic heterocycles. The molecule has 0 saturated carbocycles. The van der Waals surface area contributed by atoms with Crippen molar-refractivity contribution in [3.05, 3.63) is 12.2 Å². The summed E-state index contributed by atoms with van der Waals surface area (Å²) in [4.78, 5) is 11.3. The van der Waals surface area contributed by atoms with Gasteiger partial charge in [0.05, 0.1) is 7.11 Å². The monoisotopic (exact) mass is 297 g/mol. The Balaban J connectivity index is 0. The van der Waals surface area contributed by atoms with Crippen LogP contribution in [0.5, 0.6) is 0 Å². The van der Waals surface area contributed by atoms with Gasteiger partial charge in [-0.25, -0.2) is 4.79 Å². The number of hydrogen-bond acceptors (Lipinski definition) is 6. The lowest BCUT2D eigenvalue weighted by atomic mass is 9.83. The predicted molar refractivity (Wildman–Crippen MR) is 71.8 cm³/mol. The highest BCUT2D eigenvalue weighted by atomic mass is 32.3. The minimum atomic E-state index is -4.16. The standard InChI is InChI=1S/C10H19NO2.CH4O4S/c1-5-10(3,4)8(2)9(12)13-7-6-11;1-5-6(2,3)4/h2,5-7,11H2,1,3-4H3;1H3,(H,2,3,4). The van der Waals surface area contributed by atoms with Gasteiger partial charge in [0.2, 0.25) is 0 Å². The molecule has 0 radical (unpaired) electrons. The second-order valence-electron chi connectivity index (χ2n) is 4.23. The average Bonchev–Trinajstić information content (AvgIpc) is 2.34. The van der Waals surface area contributed by atoms with Crippen molar-refractivity contribution in [2.24, 2.45) is 11.1 Å². The highest BCUT2D eigenvalue weighted by Crippen LogP contribution is 2.29. The van der Waals surface area contributed by atoms with Crippen LogP contribution in [0.3, 0.4) is 0 Å². The molecule has 0 aliphatic carbocycles. The van der Waals surface area contributed by atoms with E-state index in [1.54, 1.807) is 0 Å². The van der Waals surface area contributed by atoms with Crippen molar-refractivity contribution in [1.82, 2.24) is 0 Å². The number of esters is 1. The Morgan fingerprint density at radius 2 is 1.84 bits per heavy atom. The molecule has 0 aromatic rings. The zero-order chi connectivity index (χ0) is 15.7. The van der Waals surface area contributed by atoms with Gasteiger partial charge in [-0.15, -0.1) is 0 Å². The van der Waals surface area contributed by atoms with E-state index in [1.165, 1.54) is 0 Å². The summed E-state index contributed by atoms with van der Waals surface area (Å²) in [6.45, 7) is 10.3. The van der Waals surface area contributed by atoms with Crippen molar-refractivity contribution in [1.29, 1.82) is 0 Å². The molecule has 3 N–H and O–H groups in total. The summed E-state index contributed by atoms with van der Waals surface area (Å²) in [5, 5.41) is 0. The Kier molecular flexibility index (Phi) is 9.67. The van der Waals surface area contributed by atoms with Gasteiger partial charge in [0.1, 0.15) is 6.61 Å². The quantitative estimate of drug-likeness (QED) is 0.425. The Morgan fingerprint density at radius 1 is 1.42 bits per heavy atom. The second-order valence-corrected chi connectivity index (χ2v) is 5.42. The van der Waals surface area contributed by atoms with E-state index in [0.29, 0.717) is 12.1 Å². The summed E-state index contributed by atoms with van der Waals surface area (Å²) in [6.07, 6.45) is 0.865. The third kappa shape index (κ3) is 10.6. The van der Waals surface area contributed by atoms with Crippen LogP contribution in [-0.4, -0.2) is 39.2 Å². The minimum Gasteiger partial charge on any atom is -0.461 e. The molecular formula is C11H23NO6S. The van der Waals surface area contributed by atoms with Crippen LogP contribution in [0.1, 0.15) is 27.2 Å². The van der Waals surface area contributed by atoms with E-state index in [9.17, 15) is 13.2 Å². The molecule has 0 amide bonds. The van der Waals surface area contributed by atoms with E-state index in [0.717, 1.165) is 13.5 Å². The van der Waals surface area contributed by atoms with E-state index in [1.807, 2.05) is 20.8 Å². The first-order valence-corrected chi connectivity index (χ1v) is 6.98. The summed E-state index contributed by atoms with van der Waals surface area (Å²) in [5.74, 6) is -0.336. The van der Waals surface area contributed by atoms with Gasteiger partial charge in [-0.1, -0.05) is 27.4 Å². The first-order valence-electron chi connectivity index (χ1n) is 5.61. The smallest absolute Gasteiger partial charge is 0.397 e. The van der Waals surface area contributed by atoms with Crippen LogP contribution in [0, 0.1) is 5.41 Å². The molecule has 7 nitrogen and oxygen atoms in total. The summed E-state index contributed by atoms with van der Waals surface area (Å²) in [7, 11) is -3.29. The second kappa shape index (κ2) is 9.03.